The zero-order chi connectivity index (χ0) is 16.2. The first-order chi connectivity index (χ1) is 9.61. The molecule has 0 heterocycles. The first-order valence-electron chi connectivity index (χ1n) is 5.88. The lowest BCUT2D eigenvalue weighted by Crippen LogP contribution is -2.37. The number of hydrogen-bond acceptors (Lipinski definition) is 3. The molecule has 0 fully saturated rings. The van der Waals surface area contributed by atoms with Gasteiger partial charge in [-0.3, -0.25) is 4.79 Å². The fourth-order valence-electron chi connectivity index (χ4n) is 1.49. The van der Waals surface area contributed by atoms with E-state index in [4.69, 9.17) is 0 Å². The number of carbonyl (C=O) groups excluding carboxylic acids is 2. The van der Waals surface area contributed by atoms with E-state index in [0.29, 0.717) is 5.56 Å². The Morgan fingerprint density at radius 1 is 1.24 bits per heavy atom. The lowest BCUT2D eigenvalue weighted by molar-refractivity contribution is -0.189. The molecule has 8 heteroatoms. The number of ether oxygens (including phenoxy) is 1. The number of likely N-dealkylation sites (N-methyl/N-ethyl adjacent to an activating group) is 1. The normalized spacial score (nSPS) is 12.7. The van der Waals surface area contributed by atoms with Gasteiger partial charge < -0.3 is 9.64 Å². The standard InChI is InChI=1S/C13H13F4NO3/c1-8(9-3-5-10(14)6-4-9)18(2)11(19)12(20)21-7-13(15,16)17/h3-6,8H,7H2,1-2H3. The number of rotatable bonds is 3. The van der Waals surface area contributed by atoms with Gasteiger partial charge in [-0.25, -0.2) is 9.18 Å². The maximum absolute atomic E-state index is 12.8. The molecule has 0 bridgehead atoms. The van der Waals surface area contributed by atoms with Crippen molar-refractivity contribution in [3.05, 3.63) is 35.6 Å². The molecular weight excluding hydrogens is 294 g/mol. The molecule has 1 aromatic rings. The maximum atomic E-state index is 12.8. The first kappa shape index (κ1) is 16.9. The third-order valence-corrected chi connectivity index (χ3v) is 2.80. The summed E-state index contributed by atoms with van der Waals surface area (Å²) in [5, 5.41) is 0. The van der Waals surface area contributed by atoms with Crippen LogP contribution >= 0.6 is 0 Å². The molecule has 0 aliphatic heterocycles. The summed E-state index contributed by atoms with van der Waals surface area (Å²) in [6.07, 6.45) is -4.70. The molecule has 0 saturated carbocycles. The van der Waals surface area contributed by atoms with Crippen molar-refractivity contribution in [2.45, 2.75) is 19.1 Å². The molecule has 4 nitrogen and oxygen atoms in total. The predicted octanol–water partition coefficient (Wildman–Crippen LogP) is 2.45. The largest absolute Gasteiger partial charge is 0.449 e. The van der Waals surface area contributed by atoms with Crippen LogP contribution in [0.2, 0.25) is 0 Å². The molecule has 1 amide bonds. The molecule has 1 unspecified atom stereocenters. The van der Waals surface area contributed by atoms with Crippen molar-refractivity contribution in [2.75, 3.05) is 13.7 Å². The van der Waals surface area contributed by atoms with E-state index in [0.717, 1.165) is 4.90 Å². The Morgan fingerprint density at radius 2 is 1.76 bits per heavy atom. The van der Waals surface area contributed by atoms with E-state index in [-0.39, 0.29) is 0 Å². The van der Waals surface area contributed by atoms with Gasteiger partial charge in [0.15, 0.2) is 6.61 Å². The van der Waals surface area contributed by atoms with Gasteiger partial charge in [0.1, 0.15) is 5.82 Å². The number of halogens is 4. The Labute approximate surface area is 118 Å². The zero-order valence-electron chi connectivity index (χ0n) is 11.3. The minimum Gasteiger partial charge on any atom is -0.449 e. The van der Waals surface area contributed by atoms with Crippen LogP contribution in [0.4, 0.5) is 17.6 Å². The molecule has 0 aliphatic carbocycles. The second kappa shape index (κ2) is 6.55. The number of benzene rings is 1. The van der Waals surface area contributed by atoms with Crippen LogP contribution in [0.1, 0.15) is 18.5 Å². The third-order valence-electron chi connectivity index (χ3n) is 2.80. The molecule has 0 radical (unpaired) electrons. The highest BCUT2D eigenvalue weighted by Gasteiger charge is 2.32. The number of nitrogens with zero attached hydrogens (tertiary/aromatic N) is 1. The number of alkyl halides is 3. The molecule has 1 aromatic carbocycles. The molecule has 0 aliphatic rings. The van der Waals surface area contributed by atoms with Crippen LogP contribution in [-0.2, 0) is 14.3 Å². The van der Waals surface area contributed by atoms with Gasteiger partial charge in [-0.15, -0.1) is 0 Å². The minimum atomic E-state index is -4.70. The van der Waals surface area contributed by atoms with Crippen molar-refractivity contribution in [2.24, 2.45) is 0 Å². The van der Waals surface area contributed by atoms with E-state index < -0.39 is 36.5 Å². The molecule has 21 heavy (non-hydrogen) atoms. The average molecular weight is 307 g/mol. The van der Waals surface area contributed by atoms with E-state index in [1.807, 2.05) is 0 Å². The SMILES string of the molecule is CC(c1ccc(F)cc1)N(C)C(=O)C(=O)OCC(F)(F)F. The topological polar surface area (TPSA) is 46.6 Å². The van der Waals surface area contributed by atoms with Gasteiger partial charge in [0.2, 0.25) is 0 Å². The van der Waals surface area contributed by atoms with Crippen LogP contribution in [0.5, 0.6) is 0 Å². The number of carbonyl (C=O) groups is 2. The Hall–Kier alpha value is -2.12. The van der Waals surface area contributed by atoms with Gasteiger partial charge in [0, 0.05) is 7.05 Å². The quantitative estimate of drug-likeness (QED) is 0.489. The monoisotopic (exact) mass is 307 g/mol. The molecule has 1 atom stereocenters. The first-order valence-corrected chi connectivity index (χ1v) is 5.88. The fraction of sp³-hybridized carbons (Fsp3) is 0.385. The van der Waals surface area contributed by atoms with Crippen molar-refractivity contribution >= 4 is 11.9 Å². The maximum Gasteiger partial charge on any atom is 0.422 e. The van der Waals surface area contributed by atoms with Gasteiger partial charge in [-0.05, 0) is 24.6 Å². The lowest BCUT2D eigenvalue weighted by Gasteiger charge is -2.24. The number of esters is 1. The van der Waals surface area contributed by atoms with Crippen molar-refractivity contribution < 1.29 is 31.9 Å². The van der Waals surface area contributed by atoms with E-state index in [1.165, 1.54) is 31.3 Å². The van der Waals surface area contributed by atoms with Gasteiger partial charge in [0.25, 0.3) is 0 Å². The second-order valence-corrected chi connectivity index (χ2v) is 4.33. The minimum absolute atomic E-state index is 0.468. The predicted molar refractivity (Wildman–Crippen MR) is 64.6 cm³/mol. The molecule has 1 rings (SSSR count). The molecule has 0 spiro atoms. The summed E-state index contributed by atoms with van der Waals surface area (Å²) < 4.78 is 52.4. The highest BCUT2D eigenvalue weighted by Crippen LogP contribution is 2.20. The number of hydrogen-bond donors (Lipinski definition) is 0. The molecule has 0 aromatic heterocycles. The van der Waals surface area contributed by atoms with Crippen LogP contribution in [-0.4, -0.2) is 36.6 Å². The second-order valence-electron chi connectivity index (χ2n) is 4.33. The summed E-state index contributed by atoms with van der Waals surface area (Å²) in [4.78, 5) is 23.8. The van der Waals surface area contributed by atoms with Gasteiger partial charge >= 0.3 is 18.1 Å². The highest BCUT2D eigenvalue weighted by atomic mass is 19.4. The van der Waals surface area contributed by atoms with Crippen molar-refractivity contribution in [1.29, 1.82) is 0 Å². The average Bonchev–Trinajstić information content (AvgIpc) is 2.42. The summed E-state index contributed by atoms with van der Waals surface area (Å²) in [5.41, 5.74) is 0.524. The Kier molecular flexibility index (Phi) is 5.28. The van der Waals surface area contributed by atoms with Gasteiger partial charge in [-0.1, -0.05) is 12.1 Å². The van der Waals surface area contributed by atoms with Crippen molar-refractivity contribution in [1.82, 2.24) is 4.90 Å². The molecule has 0 N–H and O–H groups in total. The summed E-state index contributed by atoms with van der Waals surface area (Å²) >= 11 is 0. The van der Waals surface area contributed by atoms with Crippen molar-refractivity contribution in [3.63, 3.8) is 0 Å². The van der Waals surface area contributed by atoms with Crippen LogP contribution in [0, 0.1) is 5.82 Å². The summed E-state index contributed by atoms with van der Waals surface area (Å²) in [6, 6.07) is 4.53. The Morgan fingerprint density at radius 3 is 2.24 bits per heavy atom. The third kappa shape index (κ3) is 5.05. The van der Waals surface area contributed by atoms with Gasteiger partial charge in [0.05, 0.1) is 6.04 Å². The van der Waals surface area contributed by atoms with Crippen LogP contribution < -0.4 is 0 Å². The van der Waals surface area contributed by atoms with E-state index in [2.05, 4.69) is 4.74 Å². The van der Waals surface area contributed by atoms with Crippen molar-refractivity contribution in [3.8, 4) is 0 Å². The zero-order valence-corrected chi connectivity index (χ0v) is 11.3. The molecular formula is C13H13F4NO3. The summed E-state index contributed by atoms with van der Waals surface area (Å²) in [7, 11) is 1.24. The van der Waals surface area contributed by atoms with E-state index in [1.54, 1.807) is 6.92 Å². The number of amides is 1. The highest BCUT2D eigenvalue weighted by molar-refractivity contribution is 6.32. The summed E-state index contributed by atoms with van der Waals surface area (Å²) in [6.45, 7) is -0.279. The van der Waals surface area contributed by atoms with Crippen LogP contribution in [0.25, 0.3) is 0 Å². The van der Waals surface area contributed by atoms with Crippen LogP contribution in [0.15, 0.2) is 24.3 Å². The molecule has 0 saturated heterocycles. The van der Waals surface area contributed by atoms with E-state index in [9.17, 15) is 27.2 Å². The summed E-state index contributed by atoms with van der Waals surface area (Å²) in [5.74, 6) is -3.27. The lowest BCUT2D eigenvalue weighted by atomic mass is 10.1. The van der Waals surface area contributed by atoms with Crippen LogP contribution in [0.3, 0.4) is 0 Å². The van der Waals surface area contributed by atoms with Gasteiger partial charge in [-0.2, -0.15) is 13.2 Å². The van der Waals surface area contributed by atoms with E-state index >= 15 is 0 Å². The fourth-order valence-corrected chi connectivity index (χ4v) is 1.49. The Balaban J connectivity index is 2.68. The Bertz CT molecular complexity index is 513. The molecule has 116 valence electrons. The smallest absolute Gasteiger partial charge is 0.422 e.